The Labute approximate surface area is 176 Å². The van der Waals surface area contributed by atoms with Crippen molar-refractivity contribution >= 4 is 0 Å². The summed E-state index contributed by atoms with van der Waals surface area (Å²) in [6, 6.07) is 37.6. The highest BCUT2D eigenvalue weighted by Gasteiger charge is 2.11. The van der Waals surface area contributed by atoms with E-state index >= 15 is 0 Å². The zero-order valence-corrected chi connectivity index (χ0v) is 16.4. The van der Waals surface area contributed by atoms with E-state index in [2.05, 4.69) is 71.7 Å². The third-order valence-corrected chi connectivity index (χ3v) is 5.21. The second-order valence-electron chi connectivity index (χ2n) is 7.15. The maximum atomic E-state index is 4.70. The molecule has 0 aliphatic heterocycles. The molecule has 142 valence electrons. The number of rotatable bonds is 4. The second kappa shape index (κ2) is 8.14. The molecule has 0 unspecified atom stereocenters. The Morgan fingerprint density at radius 1 is 0.367 bits per heavy atom. The Bertz CT molecular complexity index is 1250. The molecule has 0 aliphatic rings. The van der Waals surface area contributed by atoms with Crippen LogP contribution >= 0.6 is 0 Å². The van der Waals surface area contributed by atoms with Crippen LogP contribution in [0.15, 0.2) is 122 Å². The quantitative estimate of drug-likeness (QED) is 0.329. The van der Waals surface area contributed by atoms with Crippen LogP contribution in [0, 0.1) is 0 Å². The molecular weight excluding hydrogens is 364 g/mol. The fraction of sp³-hybridized carbons (Fsp3) is 0. The van der Waals surface area contributed by atoms with Gasteiger partial charge < -0.3 is 0 Å². The number of nitrogens with zero attached hydrogens (tertiary/aromatic N) is 2. The van der Waals surface area contributed by atoms with E-state index in [1.807, 2.05) is 54.9 Å². The van der Waals surface area contributed by atoms with Crippen LogP contribution in [0.2, 0.25) is 0 Å². The molecule has 0 spiro atoms. The Hall–Kier alpha value is -4.04. The summed E-state index contributed by atoms with van der Waals surface area (Å²) in [4.78, 5) is 9.35. The van der Waals surface area contributed by atoms with Crippen molar-refractivity contribution in [3.05, 3.63) is 122 Å². The lowest BCUT2D eigenvalue weighted by molar-refractivity contribution is 1.21. The third-order valence-electron chi connectivity index (χ3n) is 5.21. The van der Waals surface area contributed by atoms with Gasteiger partial charge in [0.15, 0.2) is 0 Å². The van der Waals surface area contributed by atoms with Gasteiger partial charge in [-0.15, -0.1) is 0 Å². The maximum Gasteiger partial charge on any atom is 0.0885 e. The van der Waals surface area contributed by atoms with Gasteiger partial charge in [0.05, 0.1) is 23.8 Å². The molecule has 0 amide bonds. The standard InChI is InChI=1S/C28H20N2/c1-4-10-21(11-5-1)25-17-16-24(18-26(25)22-12-6-2-7-13-22)28-20-29-27(19-30-28)23-14-8-3-9-15-23/h1-20H. The smallest absolute Gasteiger partial charge is 0.0885 e. The molecule has 1 heterocycles. The van der Waals surface area contributed by atoms with Crippen LogP contribution in [-0.2, 0) is 0 Å². The molecule has 0 radical (unpaired) electrons. The molecule has 4 aromatic carbocycles. The zero-order chi connectivity index (χ0) is 20.2. The summed E-state index contributed by atoms with van der Waals surface area (Å²) >= 11 is 0. The van der Waals surface area contributed by atoms with Crippen LogP contribution < -0.4 is 0 Å². The Kier molecular flexibility index (Phi) is 4.89. The molecule has 2 heteroatoms. The topological polar surface area (TPSA) is 25.8 Å². The predicted molar refractivity (Wildman–Crippen MR) is 124 cm³/mol. The van der Waals surface area contributed by atoms with E-state index in [0.29, 0.717) is 0 Å². The van der Waals surface area contributed by atoms with Crippen LogP contribution in [0.25, 0.3) is 44.8 Å². The highest BCUT2D eigenvalue weighted by atomic mass is 14.8. The Balaban J connectivity index is 1.58. The molecule has 0 fully saturated rings. The highest BCUT2D eigenvalue weighted by molar-refractivity contribution is 5.86. The molecule has 2 nitrogen and oxygen atoms in total. The van der Waals surface area contributed by atoms with Gasteiger partial charge in [0.2, 0.25) is 0 Å². The number of hydrogen-bond donors (Lipinski definition) is 0. The first-order valence-corrected chi connectivity index (χ1v) is 10.0. The molecule has 5 aromatic rings. The summed E-state index contributed by atoms with van der Waals surface area (Å²) in [6.07, 6.45) is 3.70. The molecule has 0 atom stereocenters. The van der Waals surface area contributed by atoms with E-state index in [9.17, 15) is 0 Å². The summed E-state index contributed by atoms with van der Waals surface area (Å²) < 4.78 is 0. The summed E-state index contributed by atoms with van der Waals surface area (Å²) in [5.74, 6) is 0. The van der Waals surface area contributed by atoms with Gasteiger partial charge in [0.1, 0.15) is 0 Å². The van der Waals surface area contributed by atoms with Crippen molar-refractivity contribution < 1.29 is 0 Å². The minimum atomic E-state index is 0.867. The van der Waals surface area contributed by atoms with Crippen LogP contribution in [0.1, 0.15) is 0 Å². The first-order valence-electron chi connectivity index (χ1n) is 10.0. The van der Waals surface area contributed by atoms with E-state index in [0.717, 1.165) is 22.5 Å². The number of hydrogen-bond acceptors (Lipinski definition) is 2. The number of benzene rings is 4. The first-order chi connectivity index (χ1) is 14.9. The van der Waals surface area contributed by atoms with Crippen molar-refractivity contribution in [3.8, 4) is 44.8 Å². The van der Waals surface area contributed by atoms with Gasteiger partial charge in [-0.3, -0.25) is 9.97 Å². The van der Waals surface area contributed by atoms with E-state index in [1.165, 1.54) is 22.3 Å². The minimum absolute atomic E-state index is 0.867. The first kappa shape index (κ1) is 18.0. The van der Waals surface area contributed by atoms with Crippen LogP contribution in [0.4, 0.5) is 0 Å². The van der Waals surface area contributed by atoms with Gasteiger partial charge >= 0.3 is 0 Å². The second-order valence-corrected chi connectivity index (χ2v) is 7.15. The molecule has 5 rings (SSSR count). The molecule has 30 heavy (non-hydrogen) atoms. The summed E-state index contributed by atoms with van der Waals surface area (Å²) in [5, 5.41) is 0. The third kappa shape index (κ3) is 3.63. The van der Waals surface area contributed by atoms with Gasteiger partial charge in [-0.2, -0.15) is 0 Å². The van der Waals surface area contributed by atoms with Crippen LogP contribution in [0.5, 0.6) is 0 Å². The summed E-state index contributed by atoms with van der Waals surface area (Å²) in [6.45, 7) is 0. The average Bonchev–Trinajstić information content (AvgIpc) is 2.85. The molecule has 1 aromatic heterocycles. The summed E-state index contributed by atoms with van der Waals surface area (Å²) in [7, 11) is 0. The monoisotopic (exact) mass is 384 g/mol. The van der Waals surface area contributed by atoms with Gasteiger partial charge in [0.25, 0.3) is 0 Å². The number of aromatic nitrogens is 2. The fourth-order valence-corrected chi connectivity index (χ4v) is 3.66. The van der Waals surface area contributed by atoms with Crippen molar-refractivity contribution in [3.63, 3.8) is 0 Å². The van der Waals surface area contributed by atoms with Crippen molar-refractivity contribution in [2.45, 2.75) is 0 Å². The lowest BCUT2D eigenvalue weighted by Gasteiger charge is -2.13. The molecular formula is C28H20N2. The van der Waals surface area contributed by atoms with E-state index in [1.54, 1.807) is 0 Å². The van der Waals surface area contributed by atoms with Crippen molar-refractivity contribution in [2.24, 2.45) is 0 Å². The fourth-order valence-electron chi connectivity index (χ4n) is 3.66. The van der Waals surface area contributed by atoms with Gasteiger partial charge in [-0.1, -0.05) is 103 Å². The normalized spacial score (nSPS) is 10.7. The molecule has 0 N–H and O–H groups in total. The maximum absolute atomic E-state index is 4.70. The van der Waals surface area contributed by atoms with Crippen LogP contribution in [0.3, 0.4) is 0 Å². The average molecular weight is 384 g/mol. The lowest BCUT2D eigenvalue weighted by Crippen LogP contribution is -1.91. The van der Waals surface area contributed by atoms with Gasteiger partial charge in [-0.05, 0) is 28.3 Å². The minimum Gasteiger partial charge on any atom is -0.252 e. The van der Waals surface area contributed by atoms with E-state index in [4.69, 9.17) is 4.98 Å². The highest BCUT2D eigenvalue weighted by Crippen LogP contribution is 2.35. The zero-order valence-electron chi connectivity index (χ0n) is 16.4. The van der Waals surface area contributed by atoms with Crippen molar-refractivity contribution in [1.82, 2.24) is 9.97 Å². The molecule has 0 saturated carbocycles. The van der Waals surface area contributed by atoms with Crippen LogP contribution in [-0.4, -0.2) is 9.97 Å². The largest absolute Gasteiger partial charge is 0.252 e. The Morgan fingerprint density at radius 2 is 0.833 bits per heavy atom. The van der Waals surface area contributed by atoms with Gasteiger partial charge in [-0.25, -0.2) is 0 Å². The molecule has 0 aliphatic carbocycles. The van der Waals surface area contributed by atoms with E-state index < -0.39 is 0 Å². The predicted octanol–water partition coefficient (Wildman–Crippen LogP) is 7.14. The van der Waals surface area contributed by atoms with Crippen molar-refractivity contribution in [1.29, 1.82) is 0 Å². The SMILES string of the molecule is c1ccc(-c2cnc(-c3ccc(-c4ccccc4)c(-c4ccccc4)c3)cn2)cc1. The lowest BCUT2D eigenvalue weighted by atomic mass is 9.92. The summed E-state index contributed by atoms with van der Waals surface area (Å²) in [5.41, 5.74) is 8.66. The van der Waals surface area contributed by atoms with Gasteiger partial charge in [0, 0.05) is 11.1 Å². The Morgan fingerprint density at radius 3 is 1.37 bits per heavy atom. The van der Waals surface area contributed by atoms with Crippen molar-refractivity contribution in [2.75, 3.05) is 0 Å². The molecule has 0 saturated heterocycles. The van der Waals surface area contributed by atoms with E-state index in [-0.39, 0.29) is 0 Å². The molecule has 0 bridgehead atoms.